The van der Waals surface area contributed by atoms with E-state index < -0.39 is 38.2 Å². The fourth-order valence-electron chi connectivity index (χ4n) is 6.44. The van der Waals surface area contributed by atoms with Gasteiger partial charge in [-0.3, -0.25) is 0 Å². The third-order valence-electron chi connectivity index (χ3n) is 8.58. The predicted octanol–water partition coefficient (Wildman–Crippen LogP) is 7.28. The molecule has 0 saturated carbocycles. The van der Waals surface area contributed by atoms with Gasteiger partial charge in [0, 0.05) is 18.5 Å². The second-order valence-electron chi connectivity index (χ2n) is 11.3. The monoisotopic (exact) mass is 662 g/mol. The van der Waals surface area contributed by atoms with Gasteiger partial charge in [-0.25, -0.2) is 16.8 Å². The summed E-state index contributed by atoms with van der Waals surface area (Å²) in [5.74, 6) is 0.623. The van der Waals surface area contributed by atoms with Crippen LogP contribution in [0.2, 0.25) is 5.02 Å². The molecule has 0 aliphatic carbocycles. The van der Waals surface area contributed by atoms with E-state index in [0.717, 1.165) is 16.7 Å². The Hall–Kier alpha value is -3.47. The van der Waals surface area contributed by atoms with Crippen LogP contribution < -0.4 is 0 Å². The number of hydrogen-bond acceptors (Lipinski definition) is 5. The summed E-state index contributed by atoms with van der Waals surface area (Å²) in [6.45, 7) is 4.11. The third-order valence-corrected chi connectivity index (χ3v) is 12.9. The van der Waals surface area contributed by atoms with Crippen LogP contribution in [-0.4, -0.2) is 44.6 Å². The molecule has 0 amide bonds. The molecule has 6 rings (SSSR count). The van der Waals surface area contributed by atoms with Crippen LogP contribution in [0.3, 0.4) is 0 Å². The van der Waals surface area contributed by atoms with Crippen LogP contribution in [0.4, 0.5) is 0 Å². The summed E-state index contributed by atoms with van der Waals surface area (Å²) in [5.41, 5.74) is 3.20. The van der Waals surface area contributed by atoms with Crippen molar-refractivity contribution in [3.8, 4) is 0 Å². The molecule has 10 heteroatoms. The zero-order valence-corrected chi connectivity index (χ0v) is 27.5. The van der Waals surface area contributed by atoms with Gasteiger partial charge in [0.15, 0.2) is 0 Å². The summed E-state index contributed by atoms with van der Waals surface area (Å²) in [5, 5.41) is 0.127. The van der Waals surface area contributed by atoms with Crippen LogP contribution in [-0.2, 0) is 24.8 Å². The topological polar surface area (TPSA) is 84.0 Å². The van der Waals surface area contributed by atoms with E-state index >= 15 is 0 Å². The highest BCUT2D eigenvalue weighted by Gasteiger charge is 2.51. The molecule has 0 spiro atoms. The molecule has 7 nitrogen and oxygen atoms in total. The van der Waals surface area contributed by atoms with Gasteiger partial charge in [-0.1, -0.05) is 102 Å². The summed E-state index contributed by atoms with van der Waals surface area (Å²) in [4.78, 5) is 0.197. The second kappa shape index (κ2) is 12.7. The van der Waals surface area contributed by atoms with E-state index in [1.165, 1.54) is 10.4 Å². The quantitative estimate of drug-likeness (QED) is 0.198. The average molecular weight is 663 g/mol. The highest BCUT2D eigenvalue weighted by atomic mass is 35.5. The molecule has 1 saturated heterocycles. The number of piperidine rings is 1. The van der Waals surface area contributed by atoms with E-state index in [1.54, 1.807) is 46.8 Å². The number of ether oxygens (including phenoxy) is 1. The van der Waals surface area contributed by atoms with Crippen molar-refractivity contribution in [1.29, 1.82) is 0 Å². The molecule has 2 heterocycles. The Morgan fingerprint density at radius 2 is 1.31 bits per heavy atom. The minimum Gasteiger partial charge on any atom is -0.498 e. The van der Waals surface area contributed by atoms with Gasteiger partial charge in [0.25, 0.3) is 0 Å². The molecular weight excluding hydrogens is 628 g/mol. The second-order valence-corrected chi connectivity index (χ2v) is 15.4. The smallest absolute Gasteiger partial charge is 0.245 e. The Morgan fingerprint density at radius 3 is 1.91 bits per heavy atom. The maximum absolute atomic E-state index is 14.7. The van der Waals surface area contributed by atoms with Crippen LogP contribution in [0, 0.1) is 6.92 Å². The first-order valence-corrected chi connectivity index (χ1v) is 18.2. The van der Waals surface area contributed by atoms with Gasteiger partial charge in [0.05, 0.1) is 40.4 Å². The van der Waals surface area contributed by atoms with E-state index in [1.807, 2.05) is 74.5 Å². The molecule has 4 aromatic rings. The Balaban J connectivity index is 1.57. The number of sulfonamides is 2. The first-order chi connectivity index (χ1) is 21.6. The van der Waals surface area contributed by atoms with Crippen LogP contribution in [0.5, 0.6) is 0 Å². The molecule has 0 bridgehead atoms. The van der Waals surface area contributed by atoms with E-state index in [2.05, 4.69) is 0 Å². The van der Waals surface area contributed by atoms with Gasteiger partial charge in [-0.15, -0.1) is 0 Å². The summed E-state index contributed by atoms with van der Waals surface area (Å²) in [6, 6.07) is 30.3. The van der Waals surface area contributed by atoms with Crippen LogP contribution in [0.1, 0.15) is 48.5 Å². The van der Waals surface area contributed by atoms with Crippen LogP contribution in [0.15, 0.2) is 130 Å². The van der Waals surface area contributed by atoms with Crippen molar-refractivity contribution in [2.45, 2.75) is 54.6 Å². The minimum absolute atomic E-state index is 0.00622. The summed E-state index contributed by atoms with van der Waals surface area (Å²) in [7, 11) is -8.16. The van der Waals surface area contributed by atoms with E-state index in [-0.39, 0.29) is 34.2 Å². The van der Waals surface area contributed by atoms with Crippen molar-refractivity contribution < 1.29 is 21.6 Å². The lowest BCUT2D eigenvalue weighted by atomic mass is 9.84. The molecule has 234 valence electrons. The zero-order valence-electron chi connectivity index (χ0n) is 25.1. The van der Waals surface area contributed by atoms with Crippen molar-refractivity contribution in [2.75, 3.05) is 13.2 Å². The largest absolute Gasteiger partial charge is 0.498 e. The molecule has 2 unspecified atom stereocenters. The Kier molecular flexibility index (Phi) is 8.91. The summed E-state index contributed by atoms with van der Waals surface area (Å²) in [6.07, 6.45) is 0.457. The molecule has 0 N–H and O–H groups in total. The van der Waals surface area contributed by atoms with Crippen molar-refractivity contribution >= 4 is 31.6 Å². The van der Waals surface area contributed by atoms with Gasteiger partial charge < -0.3 is 4.74 Å². The normalized spacial score (nSPS) is 21.4. The lowest BCUT2D eigenvalue weighted by molar-refractivity contribution is 0.118. The van der Waals surface area contributed by atoms with Gasteiger partial charge in [-0.05, 0) is 55.7 Å². The Bertz CT molecular complexity index is 1920. The number of fused-ring (bicyclic) bond motifs is 1. The molecule has 2 aliphatic rings. The maximum atomic E-state index is 14.7. The molecule has 0 radical (unpaired) electrons. The van der Waals surface area contributed by atoms with Gasteiger partial charge in [-0.2, -0.15) is 8.61 Å². The van der Waals surface area contributed by atoms with Gasteiger partial charge >= 0.3 is 0 Å². The van der Waals surface area contributed by atoms with Crippen molar-refractivity contribution in [1.82, 2.24) is 8.61 Å². The standard InChI is InChI=1S/C35H35ClN2O5S2/c1-3-43-34-23-32(27-14-8-5-9-15-27)38(44(39,40)28-20-18-25(2)19-21-28)33-22-31(26-12-6-4-7-13-26)37(24-29(33)34)45(41,42)35-17-11-10-16-30(35)36/h4-21,31-33H,3,22-24H2,1-2H3/t31?,32?,33-/m0/s1. The molecule has 1 fully saturated rings. The van der Waals surface area contributed by atoms with Crippen molar-refractivity contribution in [3.05, 3.63) is 142 Å². The zero-order chi connectivity index (χ0) is 31.8. The fraction of sp³-hybridized carbons (Fsp3) is 0.257. The van der Waals surface area contributed by atoms with Crippen LogP contribution in [0.25, 0.3) is 0 Å². The summed E-state index contributed by atoms with van der Waals surface area (Å²) >= 11 is 6.46. The number of rotatable bonds is 8. The molecule has 2 aliphatic heterocycles. The van der Waals surface area contributed by atoms with Crippen molar-refractivity contribution in [2.24, 2.45) is 0 Å². The van der Waals surface area contributed by atoms with E-state index in [4.69, 9.17) is 16.3 Å². The van der Waals surface area contributed by atoms with Gasteiger partial charge in [0.1, 0.15) is 4.90 Å². The molecular formula is C35H35ClN2O5S2. The number of hydrogen-bond donors (Lipinski definition) is 0. The number of halogens is 1. The van der Waals surface area contributed by atoms with E-state index in [0.29, 0.717) is 17.9 Å². The van der Waals surface area contributed by atoms with Crippen molar-refractivity contribution in [3.63, 3.8) is 0 Å². The highest BCUT2D eigenvalue weighted by Crippen LogP contribution is 2.49. The minimum atomic E-state index is -4.11. The lowest BCUT2D eigenvalue weighted by Crippen LogP contribution is -2.54. The number of benzene rings is 4. The lowest BCUT2D eigenvalue weighted by Gasteiger charge is -2.49. The van der Waals surface area contributed by atoms with Crippen LogP contribution >= 0.6 is 11.6 Å². The van der Waals surface area contributed by atoms with E-state index in [9.17, 15) is 16.8 Å². The first-order valence-electron chi connectivity index (χ1n) is 14.9. The average Bonchev–Trinajstić information content (AvgIpc) is 3.05. The molecule has 0 aromatic heterocycles. The summed E-state index contributed by atoms with van der Waals surface area (Å²) < 4.78 is 67.5. The SMILES string of the molecule is CCOC1=C2CN(S(=O)(=O)c3ccccc3Cl)C(c3ccccc3)C[C@@H]2N(S(=O)(=O)c2ccc(C)cc2)C(c2ccccc2)C1. The molecule has 45 heavy (non-hydrogen) atoms. The maximum Gasteiger partial charge on any atom is 0.245 e. The van der Waals surface area contributed by atoms with Gasteiger partial charge in [0.2, 0.25) is 20.0 Å². The number of nitrogens with zero attached hydrogens (tertiary/aromatic N) is 2. The highest BCUT2D eigenvalue weighted by molar-refractivity contribution is 7.89. The molecule has 4 aromatic carbocycles. The molecule has 3 atom stereocenters. The first kappa shape index (κ1) is 31.5. The predicted molar refractivity (Wildman–Crippen MR) is 176 cm³/mol. The Morgan fingerprint density at radius 1 is 0.733 bits per heavy atom. The third kappa shape index (κ3) is 5.95. The number of aryl methyl sites for hydroxylation is 1. The fourth-order valence-corrected chi connectivity index (χ4v) is 10.3. The Labute approximate surface area is 270 Å².